The largest absolute Gasteiger partial charge is 0.355 e. The molecule has 0 saturated carbocycles. The molecule has 3 aromatic rings. The summed E-state index contributed by atoms with van der Waals surface area (Å²) in [5.41, 5.74) is 1.92. The molecule has 0 bridgehead atoms. The molecule has 26 heavy (non-hydrogen) atoms. The van der Waals surface area contributed by atoms with Gasteiger partial charge in [0.2, 0.25) is 15.9 Å². The second kappa shape index (κ2) is 7.76. The van der Waals surface area contributed by atoms with Crippen LogP contribution in [0.5, 0.6) is 0 Å². The van der Waals surface area contributed by atoms with E-state index in [1.54, 1.807) is 59.4 Å². The predicted octanol–water partition coefficient (Wildman–Crippen LogP) is 2.09. The Kier molecular flexibility index (Phi) is 5.43. The highest BCUT2D eigenvalue weighted by Gasteiger charge is 2.12. The second-order valence-corrected chi connectivity index (χ2v) is 7.90. The number of nitrogens with one attached hydrogen (secondary N) is 2. The van der Waals surface area contributed by atoms with Gasteiger partial charge in [-0.25, -0.2) is 12.9 Å². The van der Waals surface area contributed by atoms with Crippen LogP contribution in [-0.2, 0) is 21.2 Å². The highest BCUT2D eigenvalue weighted by atomic mass is 35.5. The van der Waals surface area contributed by atoms with Crippen molar-refractivity contribution < 1.29 is 13.2 Å². The molecule has 2 aromatic heterocycles. The molecule has 0 aliphatic heterocycles. The van der Waals surface area contributed by atoms with Crippen molar-refractivity contribution in [2.75, 3.05) is 17.0 Å². The van der Waals surface area contributed by atoms with Crippen molar-refractivity contribution in [2.24, 2.45) is 0 Å². The molecule has 1 aromatic carbocycles. The molecule has 0 radical (unpaired) electrons. The van der Waals surface area contributed by atoms with Crippen LogP contribution in [0.15, 0.2) is 54.9 Å². The minimum absolute atomic E-state index is 0.00749. The van der Waals surface area contributed by atoms with Gasteiger partial charge in [-0.05, 0) is 29.8 Å². The van der Waals surface area contributed by atoms with Crippen LogP contribution in [0.3, 0.4) is 0 Å². The van der Waals surface area contributed by atoms with Crippen LogP contribution >= 0.6 is 11.6 Å². The molecule has 7 nitrogen and oxygen atoms in total. The lowest BCUT2D eigenvalue weighted by atomic mass is 10.1. The maximum absolute atomic E-state index is 12.2. The number of amides is 1. The minimum atomic E-state index is -3.58. The summed E-state index contributed by atoms with van der Waals surface area (Å²) < 4.78 is 28.4. The highest BCUT2D eigenvalue weighted by Crippen LogP contribution is 2.15. The monoisotopic (exact) mass is 392 g/mol. The van der Waals surface area contributed by atoms with Gasteiger partial charge in [0.05, 0.1) is 23.4 Å². The van der Waals surface area contributed by atoms with Crippen LogP contribution in [0, 0.1) is 0 Å². The van der Waals surface area contributed by atoms with Crippen molar-refractivity contribution in [3.8, 4) is 0 Å². The number of aromatic nitrogens is 2. The fraction of sp³-hybridized carbons (Fsp3) is 0.176. The van der Waals surface area contributed by atoms with E-state index in [-0.39, 0.29) is 24.6 Å². The maximum atomic E-state index is 12.2. The molecule has 1 amide bonds. The first kappa shape index (κ1) is 18.2. The summed E-state index contributed by atoms with van der Waals surface area (Å²) in [6, 6.07) is 12.1. The van der Waals surface area contributed by atoms with E-state index in [1.165, 1.54) is 0 Å². The number of hydrogen-bond donors (Lipinski definition) is 2. The van der Waals surface area contributed by atoms with Gasteiger partial charge in [0.25, 0.3) is 0 Å². The van der Waals surface area contributed by atoms with Crippen molar-refractivity contribution in [2.45, 2.75) is 6.42 Å². The van der Waals surface area contributed by atoms with Crippen LogP contribution in [0.1, 0.15) is 5.56 Å². The second-order valence-electron chi connectivity index (χ2n) is 5.66. The molecular formula is C17H17ClN4O3S. The Bertz CT molecular complexity index is 1030. The quantitative estimate of drug-likeness (QED) is 0.644. The third-order valence-corrected chi connectivity index (χ3v) is 5.33. The van der Waals surface area contributed by atoms with Crippen LogP contribution < -0.4 is 10.0 Å². The van der Waals surface area contributed by atoms with Gasteiger partial charge >= 0.3 is 0 Å². The van der Waals surface area contributed by atoms with Crippen LogP contribution in [-0.4, -0.2) is 36.2 Å². The number of sulfonamides is 1. The van der Waals surface area contributed by atoms with E-state index >= 15 is 0 Å². The van der Waals surface area contributed by atoms with Gasteiger partial charge in [-0.2, -0.15) is 5.10 Å². The zero-order valence-corrected chi connectivity index (χ0v) is 15.3. The van der Waals surface area contributed by atoms with E-state index in [1.807, 2.05) is 0 Å². The normalized spacial score (nSPS) is 11.4. The van der Waals surface area contributed by atoms with E-state index in [4.69, 9.17) is 11.6 Å². The zero-order chi connectivity index (χ0) is 18.6. The first-order chi connectivity index (χ1) is 12.4. The number of carbonyl (C=O) groups excluding carboxylic acids is 1. The number of hydrogen-bond acceptors (Lipinski definition) is 4. The van der Waals surface area contributed by atoms with Gasteiger partial charge in [0.15, 0.2) is 0 Å². The summed E-state index contributed by atoms with van der Waals surface area (Å²) in [6.07, 6.45) is 3.39. The Morgan fingerprint density at radius 1 is 1.19 bits per heavy atom. The Labute approximate surface area is 156 Å². The number of anilines is 1. The standard InChI is InChI=1S/C17H17ClN4O3S/c18-16-4-2-1-3-13(16)11-17(23)19-8-10-26(24,25)21-14-6-9-22-15(12-14)5-7-20-22/h1-7,9,12,21H,8,10-11H2,(H,19,23). The number of halogens is 1. The summed E-state index contributed by atoms with van der Waals surface area (Å²) in [5.74, 6) is -0.514. The number of nitrogens with zero attached hydrogens (tertiary/aromatic N) is 2. The number of benzene rings is 1. The Hall–Kier alpha value is -2.58. The van der Waals surface area contributed by atoms with E-state index in [0.29, 0.717) is 16.3 Å². The minimum Gasteiger partial charge on any atom is -0.355 e. The smallest absolute Gasteiger partial charge is 0.234 e. The van der Waals surface area contributed by atoms with Crippen molar-refractivity contribution in [3.63, 3.8) is 0 Å². The van der Waals surface area contributed by atoms with E-state index in [9.17, 15) is 13.2 Å². The molecule has 0 saturated heterocycles. The van der Waals surface area contributed by atoms with Crippen molar-refractivity contribution in [3.05, 3.63) is 65.4 Å². The molecule has 0 spiro atoms. The summed E-state index contributed by atoms with van der Waals surface area (Å²) >= 11 is 6.01. The molecule has 0 fully saturated rings. The summed E-state index contributed by atoms with van der Waals surface area (Å²) in [7, 11) is -3.58. The zero-order valence-electron chi connectivity index (χ0n) is 13.7. The molecule has 136 valence electrons. The van der Waals surface area contributed by atoms with Crippen molar-refractivity contribution >= 4 is 38.7 Å². The lowest BCUT2D eigenvalue weighted by molar-refractivity contribution is -0.120. The predicted molar refractivity (Wildman–Crippen MR) is 101 cm³/mol. The van der Waals surface area contributed by atoms with Gasteiger partial charge < -0.3 is 5.32 Å². The first-order valence-corrected chi connectivity index (χ1v) is 9.90. The van der Waals surface area contributed by atoms with E-state index < -0.39 is 10.0 Å². The number of rotatable bonds is 7. The van der Waals surface area contributed by atoms with Gasteiger partial charge in [-0.3, -0.25) is 9.52 Å². The van der Waals surface area contributed by atoms with Crippen LogP contribution in [0.25, 0.3) is 5.52 Å². The summed E-state index contributed by atoms with van der Waals surface area (Å²) in [5, 5.41) is 7.15. The Balaban J connectivity index is 1.51. The number of carbonyl (C=O) groups is 1. The Morgan fingerprint density at radius 2 is 2.00 bits per heavy atom. The van der Waals surface area contributed by atoms with Crippen molar-refractivity contribution in [1.82, 2.24) is 14.9 Å². The van der Waals surface area contributed by atoms with Gasteiger partial charge in [-0.1, -0.05) is 29.8 Å². The Morgan fingerprint density at radius 3 is 2.81 bits per heavy atom. The molecule has 2 N–H and O–H groups in total. The molecule has 0 aliphatic rings. The van der Waals surface area contributed by atoms with Gasteiger partial charge in [-0.15, -0.1) is 0 Å². The molecule has 9 heteroatoms. The lowest BCUT2D eigenvalue weighted by Gasteiger charge is -2.10. The fourth-order valence-corrected chi connectivity index (χ4v) is 3.58. The molecule has 2 heterocycles. The summed E-state index contributed by atoms with van der Waals surface area (Å²) in [6.45, 7) is 0.00749. The molecule has 0 unspecified atom stereocenters. The third-order valence-electron chi connectivity index (χ3n) is 3.67. The average molecular weight is 393 g/mol. The molecular weight excluding hydrogens is 376 g/mol. The third kappa shape index (κ3) is 4.74. The van der Waals surface area contributed by atoms with E-state index in [0.717, 1.165) is 5.52 Å². The topological polar surface area (TPSA) is 92.6 Å². The first-order valence-electron chi connectivity index (χ1n) is 7.87. The summed E-state index contributed by atoms with van der Waals surface area (Å²) in [4.78, 5) is 11.9. The van der Waals surface area contributed by atoms with Crippen LogP contribution in [0.4, 0.5) is 5.69 Å². The van der Waals surface area contributed by atoms with Crippen LogP contribution in [0.2, 0.25) is 5.02 Å². The highest BCUT2D eigenvalue weighted by molar-refractivity contribution is 7.92. The van der Waals surface area contributed by atoms with Gasteiger partial charge in [0.1, 0.15) is 0 Å². The lowest BCUT2D eigenvalue weighted by Crippen LogP contribution is -2.32. The fourth-order valence-electron chi connectivity index (χ4n) is 2.42. The molecule has 0 aliphatic carbocycles. The van der Waals surface area contributed by atoms with E-state index in [2.05, 4.69) is 15.1 Å². The SMILES string of the molecule is O=C(Cc1ccccc1Cl)NCCS(=O)(=O)Nc1ccn2nccc2c1. The average Bonchev–Trinajstić information content (AvgIpc) is 3.04. The molecule has 0 atom stereocenters. The number of fused-ring (bicyclic) bond motifs is 1. The maximum Gasteiger partial charge on any atom is 0.234 e. The number of pyridine rings is 1. The van der Waals surface area contributed by atoms with Gasteiger partial charge in [0, 0.05) is 24.0 Å². The molecule has 3 rings (SSSR count). The van der Waals surface area contributed by atoms with Crippen molar-refractivity contribution in [1.29, 1.82) is 0 Å².